The molecule has 0 bridgehead atoms. The smallest absolute Gasteiger partial charge is 0.123 e. The summed E-state index contributed by atoms with van der Waals surface area (Å²) in [6.07, 6.45) is 0.859. The zero-order valence-corrected chi connectivity index (χ0v) is 13.8. The standard InChI is InChI=1S/C16H20ClFN2S/c1-3-14(19)16(11-4-6-12(18)7-5-11)20(2)10-13-8-9-15(17)21-13/h4-9,14,16H,3,10,19H2,1-2H3. The van der Waals surface area contributed by atoms with Gasteiger partial charge in [-0.1, -0.05) is 30.7 Å². The van der Waals surface area contributed by atoms with Crippen molar-refractivity contribution in [3.05, 3.63) is 57.0 Å². The first-order chi connectivity index (χ1) is 10.0. The predicted octanol–water partition coefficient (Wildman–Crippen LogP) is 4.45. The quantitative estimate of drug-likeness (QED) is 0.849. The summed E-state index contributed by atoms with van der Waals surface area (Å²) in [5.74, 6) is -0.227. The molecule has 2 nitrogen and oxygen atoms in total. The van der Waals surface area contributed by atoms with E-state index in [-0.39, 0.29) is 17.9 Å². The van der Waals surface area contributed by atoms with E-state index in [1.165, 1.54) is 17.0 Å². The lowest BCUT2D eigenvalue weighted by Gasteiger charge is -2.32. The Morgan fingerprint density at radius 2 is 1.90 bits per heavy atom. The summed E-state index contributed by atoms with van der Waals surface area (Å²) in [4.78, 5) is 3.39. The molecule has 2 aromatic rings. The Hall–Kier alpha value is -0.940. The van der Waals surface area contributed by atoms with E-state index in [9.17, 15) is 4.39 Å². The maximum Gasteiger partial charge on any atom is 0.123 e. The molecule has 0 aliphatic rings. The Morgan fingerprint density at radius 1 is 1.24 bits per heavy atom. The fourth-order valence-corrected chi connectivity index (χ4v) is 3.64. The molecular weight excluding hydrogens is 307 g/mol. The van der Waals surface area contributed by atoms with Gasteiger partial charge in [-0.05, 0) is 43.3 Å². The zero-order chi connectivity index (χ0) is 15.4. The number of thiophene rings is 1. The molecular formula is C16H20ClFN2S. The Kier molecular flexibility index (Phi) is 5.76. The normalized spacial score (nSPS) is 14.4. The monoisotopic (exact) mass is 326 g/mol. The van der Waals surface area contributed by atoms with E-state index in [0.29, 0.717) is 0 Å². The largest absolute Gasteiger partial charge is 0.326 e. The predicted molar refractivity (Wildman–Crippen MR) is 88.2 cm³/mol. The Balaban J connectivity index is 2.20. The lowest BCUT2D eigenvalue weighted by molar-refractivity contribution is 0.203. The van der Waals surface area contributed by atoms with Gasteiger partial charge in [0, 0.05) is 23.5 Å². The van der Waals surface area contributed by atoms with Crippen molar-refractivity contribution in [1.29, 1.82) is 0 Å². The highest BCUT2D eigenvalue weighted by atomic mass is 35.5. The van der Waals surface area contributed by atoms with Gasteiger partial charge in [0.15, 0.2) is 0 Å². The average Bonchev–Trinajstić information content (AvgIpc) is 2.86. The second-order valence-corrected chi connectivity index (χ2v) is 6.99. The molecule has 0 spiro atoms. The lowest BCUT2D eigenvalue weighted by Crippen LogP contribution is -2.38. The number of nitrogens with two attached hydrogens (primary N) is 1. The van der Waals surface area contributed by atoms with Gasteiger partial charge in [-0.2, -0.15) is 0 Å². The van der Waals surface area contributed by atoms with E-state index in [2.05, 4.69) is 11.8 Å². The average molecular weight is 327 g/mol. The van der Waals surface area contributed by atoms with E-state index in [4.69, 9.17) is 17.3 Å². The van der Waals surface area contributed by atoms with Gasteiger partial charge in [0.2, 0.25) is 0 Å². The maximum absolute atomic E-state index is 13.1. The van der Waals surface area contributed by atoms with Crippen LogP contribution in [0.2, 0.25) is 4.34 Å². The number of benzene rings is 1. The molecule has 0 aliphatic heterocycles. The van der Waals surface area contributed by atoms with Gasteiger partial charge in [0.05, 0.1) is 4.34 Å². The maximum atomic E-state index is 13.1. The number of likely N-dealkylation sites (N-methyl/N-ethyl adjacent to an activating group) is 1. The van der Waals surface area contributed by atoms with Crippen molar-refractivity contribution in [1.82, 2.24) is 4.90 Å². The van der Waals surface area contributed by atoms with Crippen molar-refractivity contribution in [2.45, 2.75) is 32.0 Å². The van der Waals surface area contributed by atoms with Crippen LogP contribution >= 0.6 is 22.9 Å². The molecule has 0 saturated carbocycles. The van der Waals surface area contributed by atoms with Crippen molar-refractivity contribution in [3.63, 3.8) is 0 Å². The van der Waals surface area contributed by atoms with Crippen LogP contribution in [-0.4, -0.2) is 18.0 Å². The first-order valence-electron chi connectivity index (χ1n) is 6.96. The molecule has 114 valence electrons. The third kappa shape index (κ3) is 4.27. The van der Waals surface area contributed by atoms with Crippen LogP contribution in [0.4, 0.5) is 4.39 Å². The van der Waals surface area contributed by atoms with Crippen LogP contribution in [0.5, 0.6) is 0 Å². The molecule has 0 saturated heterocycles. The highest BCUT2D eigenvalue weighted by Gasteiger charge is 2.23. The van der Waals surface area contributed by atoms with Crippen LogP contribution in [0, 0.1) is 5.82 Å². The summed E-state index contributed by atoms with van der Waals surface area (Å²) in [7, 11) is 2.04. The third-order valence-corrected chi connectivity index (χ3v) is 4.81. The van der Waals surface area contributed by atoms with Crippen molar-refractivity contribution < 1.29 is 4.39 Å². The SMILES string of the molecule is CCC(N)C(c1ccc(F)cc1)N(C)Cc1ccc(Cl)s1. The number of nitrogens with zero attached hydrogens (tertiary/aromatic N) is 1. The number of hydrogen-bond acceptors (Lipinski definition) is 3. The van der Waals surface area contributed by atoms with Gasteiger partial charge in [-0.3, -0.25) is 4.90 Å². The molecule has 2 atom stereocenters. The Morgan fingerprint density at radius 3 is 2.43 bits per heavy atom. The fourth-order valence-electron chi connectivity index (χ4n) is 2.49. The molecule has 1 heterocycles. The lowest BCUT2D eigenvalue weighted by atomic mass is 9.96. The zero-order valence-electron chi connectivity index (χ0n) is 12.2. The summed E-state index contributed by atoms with van der Waals surface area (Å²) in [6, 6.07) is 10.6. The second kappa shape index (κ2) is 7.36. The molecule has 5 heteroatoms. The highest BCUT2D eigenvalue weighted by Crippen LogP contribution is 2.28. The van der Waals surface area contributed by atoms with E-state index in [1.54, 1.807) is 11.3 Å². The van der Waals surface area contributed by atoms with Crippen LogP contribution in [0.3, 0.4) is 0 Å². The minimum Gasteiger partial charge on any atom is -0.326 e. The molecule has 2 N–H and O–H groups in total. The van der Waals surface area contributed by atoms with Crippen LogP contribution in [0.15, 0.2) is 36.4 Å². The van der Waals surface area contributed by atoms with E-state index in [1.807, 2.05) is 31.3 Å². The fraction of sp³-hybridized carbons (Fsp3) is 0.375. The van der Waals surface area contributed by atoms with Crippen LogP contribution in [0.1, 0.15) is 29.8 Å². The third-order valence-electron chi connectivity index (χ3n) is 3.60. The molecule has 21 heavy (non-hydrogen) atoms. The van der Waals surface area contributed by atoms with Crippen LogP contribution < -0.4 is 5.73 Å². The molecule has 0 amide bonds. The summed E-state index contributed by atoms with van der Waals surface area (Å²) in [5.41, 5.74) is 7.33. The molecule has 1 aromatic carbocycles. The summed E-state index contributed by atoms with van der Waals surface area (Å²) >= 11 is 7.55. The van der Waals surface area contributed by atoms with Gasteiger partial charge >= 0.3 is 0 Å². The second-order valence-electron chi connectivity index (χ2n) is 5.19. The summed E-state index contributed by atoms with van der Waals surface area (Å²) in [5, 5.41) is 0. The molecule has 0 fully saturated rings. The first-order valence-corrected chi connectivity index (χ1v) is 8.16. The van der Waals surface area contributed by atoms with Crippen molar-refractivity contribution in [3.8, 4) is 0 Å². The van der Waals surface area contributed by atoms with E-state index < -0.39 is 0 Å². The van der Waals surface area contributed by atoms with E-state index in [0.717, 1.165) is 22.9 Å². The minimum absolute atomic E-state index is 0.00380. The van der Waals surface area contributed by atoms with Gasteiger partial charge in [0.25, 0.3) is 0 Å². The van der Waals surface area contributed by atoms with Gasteiger partial charge in [0.1, 0.15) is 5.82 Å². The van der Waals surface area contributed by atoms with Crippen molar-refractivity contribution >= 4 is 22.9 Å². The topological polar surface area (TPSA) is 29.3 Å². The van der Waals surface area contributed by atoms with Gasteiger partial charge in [-0.25, -0.2) is 4.39 Å². The minimum atomic E-state index is -0.227. The number of hydrogen-bond donors (Lipinski definition) is 1. The summed E-state index contributed by atoms with van der Waals surface area (Å²) < 4.78 is 13.9. The van der Waals surface area contributed by atoms with E-state index >= 15 is 0 Å². The first kappa shape index (κ1) is 16.4. The Labute approximate surface area is 134 Å². The van der Waals surface area contributed by atoms with Crippen molar-refractivity contribution in [2.24, 2.45) is 5.73 Å². The molecule has 2 unspecified atom stereocenters. The van der Waals surface area contributed by atoms with Crippen LogP contribution in [-0.2, 0) is 6.54 Å². The number of rotatable bonds is 6. The van der Waals surface area contributed by atoms with Crippen molar-refractivity contribution in [2.75, 3.05) is 7.05 Å². The number of halogens is 2. The molecule has 0 radical (unpaired) electrons. The molecule has 2 rings (SSSR count). The van der Waals surface area contributed by atoms with Gasteiger partial charge < -0.3 is 5.73 Å². The van der Waals surface area contributed by atoms with Crippen LogP contribution in [0.25, 0.3) is 0 Å². The molecule has 0 aliphatic carbocycles. The Bertz CT molecular complexity index is 570. The van der Waals surface area contributed by atoms with Gasteiger partial charge in [-0.15, -0.1) is 11.3 Å². The highest BCUT2D eigenvalue weighted by molar-refractivity contribution is 7.16. The molecule has 1 aromatic heterocycles. The summed E-state index contributed by atoms with van der Waals surface area (Å²) in [6.45, 7) is 2.84.